The first-order chi connectivity index (χ1) is 14.0. The Balaban J connectivity index is 1.55. The van der Waals surface area contributed by atoms with Crippen molar-refractivity contribution in [1.29, 1.82) is 0 Å². The van der Waals surface area contributed by atoms with Gasteiger partial charge in [0.15, 0.2) is 0 Å². The molecule has 1 aliphatic rings. The fraction of sp³-hybridized carbons (Fsp3) is 0.333. The predicted molar refractivity (Wildman–Crippen MR) is 107 cm³/mol. The van der Waals surface area contributed by atoms with Gasteiger partial charge in [0.05, 0.1) is 31.0 Å². The number of carbonyl (C=O) groups excluding carboxylic acids is 2. The number of rotatable bonds is 6. The van der Waals surface area contributed by atoms with Crippen LogP contribution in [0.25, 0.3) is 0 Å². The molecule has 3 rings (SSSR count). The second kappa shape index (κ2) is 9.88. The third-order valence-corrected chi connectivity index (χ3v) is 4.55. The van der Waals surface area contributed by atoms with Crippen molar-refractivity contribution in [3.05, 3.63) is 59.9 Å². The van der Waals surface area contributed by atoms with Gasteiger partial charge in [-0.15, -0.1) is 0 Å². The van der Waals surface area contributed by atoms with Gasteiger partial charge in [-0.25, -0.2) is 9.18 Å². The van der Waals surface area contributed by atoms with Gasteiger partial charge in [0, 0.05) is 20.1 Å². The van der Waals surface area contributed by atoms with Crippen LogP contribution >= 0.6 is 0 Å². The van der Waals surface area contributed by atoms with Gasteiger partial charge in [0.2, 0.25) is 0 Å². The number of halogens is 1. The van der Waals surface area contributed by atoms with Crippen LogP contribution in [-0.2, 0) is 4.74 Å². The lowest BCUT2D eigenvalue weighted by atomic mass is 10.1. The topological polar surface area (TPSA) is 71.1 Å². The number of benzene rings is 2. The van der Waals surface area contributed by atoms with Crippen molar-refractivity contribution in [3.8, 4) is 5.75 Å². The monoisotopic (exact) mass is 401 g/mol. The Morgan fingerprint density at radius 3 is 2.55 bits per heavy atom. The van der Waals surface area contributed by atoms with E-state index >= 15 is 0 Å². The Morgan fingerprint density at radius 2 is 1.83 bits per heavy atom. The van der Waals surface area contributed by atoms with Crippen molar-refractivity contribution in [2.45, 2.75) is 0 Å². The van der Waals surface area contributed by atoms with E-state index in [0.717, 1.165) is 0 Å². The first-order valence-corrected chi connectivity index (χ1v) is 9.41. The maximum absolute atomic E-state index is 12.9. The molecule has 0 aliphatic carbocycles. The highest BCUT2D eigenvalue weighted by Crippen LogP contribution is 2.18. The minimum Gasteiger partial charge on any atom is -0.492 e. The number of likely N-dealkylation sites (N-methyl/N-ethyl adjacent to an activating group) is 1. The number of amides is 3. The van der Waals surface area contributed by atoms with Gasteiger partial charge in [-0.1, -0.05) is 12.1 Å². The zero-order valence-corrected chi connectivity index (χ0v) is 16.3. The number of nitrogens with one attached hydrogen (secondary N) is 1. The van der Waals surface area contributed by atoms with Crippen LogP contribution in [0.2, 0.25) is 0 Å². The molecule has 1 saturated heterocycles. The van der Waals surface area contributed by atoms with Crippen LogP contribution in [0.15, 0.2) is 48.5 Å². The maximum atomic E-state index is 12.9. The van der Waals surface area contributed by atoms with E-state index in [1.165, 1.54) is 29.2 Å². The Hall–Kier alpha value is -3.13. The SMILES string of the molecule is CN(CCOc1ccc(F)cc1)C(=O)Nc1ccccc1C(=O)N1CCOCC1. The zero-order chi connectivity index (χ0) is 20.6. The highest BCUT2D eigenvalue weighted by molar-refractivity contribution is 6.03. The van der Waals surface area contributed by atoms with E-state index in [-0.39, 0.29) is 24.4 Å². The van der Waals surface area contributed by atoms with E-state index in [0.29, 0.717) is 49.8 Å². The molecule has 0 radical (unpaired) electrons. The summed E-state index contributed by atoms with van der Waals surface area (Å²) in [7, 11) is 1.63. The molecule has 1 fully saturated rings. The Kier molecular flexibility index (Phi) is 7.02. The average Bonchev–Trinajstić information content (AvgIpc) is 2.75. The van der Waals surface area contributed by atoms with Gasteiger partial charge < -0.3 is 24.6 Å². The van der Waals surface area contributed by atoms with Gasteiger partial charge in [-0.2, -0.15) is 0 Å². The Labute approximate surface area is 169 Å². The summed E-state index contributed by atoms with van der Waals surface area (Å²) >= 11 is 0. The van der Waals surface area contributed by atoms with E-state index in [1.807, 2.05) is 0 Å². The van der Waals surface area contributed by atoms with Crippen LogP contribution < -0.4 is 10.1 Å². The van der Waals surface area contributed by atoms with Gasteiger partial charge >= 0.3 is 6.03 Å². The number of para-hydroxylation sites is 1. The lowest BCUT2D eigenvalue weighted by Gasteiger charge is -2.28. The molecule has 8 heteroatoms. The van der Waals surface area contributed by atoms with E-state index < -0.39 is 0 Å². The molecule has 0 unspecified atom stereocenters. The summed E-state index contributed by atoms with van der Waals surface area (Å²) < 4.78 is 23.7. The highest BCUT2D eigenvalue weighted by Gasteiger charge is 2.22. The lowest BCUT2D eigenvalue weighted by molar-refractivity contribution is 0.0303. The Bertz CT molecular complexity index is 838. The number of carbonyl (C=O) groups is 2. The molecule has 29 heavy (non-hydrogen) atoms. The maximum Gasteiger partial charge on any atom is 0.321 e. The summed E-state index contributed by atoms with van der Waals surface area (Å²) in [6.45, 7) is 2.66. The quantitative estimate of drug-likeness (QED) is 0.808. The first kappa shape index (κ1) is 20.6. The third kappa shape index (κ3) is 5.68. The number of ether oxygens (including phenoxy) is 2. The van der Waals surface area contributed by atoms with Crippen LogP contribution in [0.3, 0.4) is 0 Å². The lowest BCUT2D eigenvalue weighted by Crippen LogP contribution is -2.41. The summed E-state index contributed by atoms with van der Waals surface area (Å²) in [5.74, 6) is 0.0623. The van der Waals surface area contributed by atoms with Crippen LogP contribution in [0.1, 0.15) is 10.4 Å². The number of urea groups is 1. The molecule has 3 amide bonds. The van der Waals surface area contributed by atoms with Crippen molar-refractivity contribution in [2.24, 2.45) is 0 Å². The van der Waals surface area contributed by atoms with E-state index in [1.54, 1.807) is 36.2 Å². The Morgan fingerprint density at radius 1 is 1.14 bits per heavy atom. The van der Waals surface area contributed by atoms with Crippen LogP contribution in [0, 0.1) is 5.82 Å². The van der Waals surface area contributed by atoms with E-state index in [2.05, 4.69) is 5.32 Å². The third-order valence-electron chi connectivity index (χ3n) is 4.55. The van der Waals surface area contributed by atoms with Gasteiger partial charge in [0.25, 0.3) is 5.91 Å². The normalized spacial score (nSPS) is 13.7. The fourth-order valence-electron chi connectivity index (χ4n) is 2.86. The molecule has 0 bridgehead atoms. The molecule has 7 nitrogen and oxygen atoms in total. The van der Waals surface area contributed by atoms with Crippen LogP contribution in [-0.4, -0.2) is 68.2 Å². The van der Waals surface area contributed by atoms with Crippen molar-refractivity contribution in [1.82, 2.24) is 9.80 Å². The first-order valence-electron chi connectivity index (χ1n) is 9.41. The summed E-state index contributed by atoms with van der Waals surface area (Å²) in [5.41, 5.74) is 0.902. The second-order valence-electron chi connectivity index (χ2n) is 6.60. The minimum absolute atomic E-state index is 0.133. The summed E-state index contributed by atoms with van der Waals surface area (Å²) in [5, 5.41) is 2.79. The summed E-state index contributed by atoms with van der Waals surface area (Å²) in [6.07, 6.45) is 0. The minimum atomic E-state index is -0.352. The predicted octanol–water partition coefficient (Wildman–Crippen LogP) is 2.84. The molecular weight excluding hydrogens is 377 g/mol. The molecule has 1 heterocycles. The zero-order valence-electron chi connectivity index (χ0n) is 16.3. The van der Waals surface area contributed by atoms with Crippen molar-refractivity contribution in [3.63, 3.8) is 0 Å². The molecule has 2 aromatic carbocycles. The highest BCUT2D eigenvalue weighted by atomic mass is 19.1. The molecule has 0 aromatic heterocycles. The van der Waals surface area contributed by atoms with Gasteiger partial charge in [-0.3, -0.25) is 4.79 Å². The smallest absolute Gasteiger partial charge is 0.321 e. The molecule has 1 N–H and O–H groups in total. The molecule has 1 aliphatic heterocycles. The molecule has 154 valence electrons. The largest absolute Gasteiger partial charge is 0.492 e. The summed E-state index contributed by atoms with van der Waals surface area (Å²) in [6, 6.07) is 12.3. The van der Waals surface area contributed by atoms with E-state index in [9.17, 15) is 14.0 Å². The molecular formula is C21H24FN3O4. The van der Waals surface area contributed by atoms with E-state index in [4.69, 9.17) is 9.47 Å². The van der Waals surface area contributed by atoms with Gasteiger partial charge in [0.1, 0.15) is 18.2 Å². The summed E-state index contributed by atoms with van der Waals surface area (Å²) in [4.78, 5) is 28.5. The molecule has 0 saturated carbocycles. The fourth-order valence-corrected chi connectivity index (χ4v) is 2.86. The van der Waals surface area contributed by atoms with Gasteiger partial charge in [-0.05, 0) is 36.4 Å². The standard InChI is InChI=1S/C21H24FN3O4/c1-24(10-15-29-17-8-6-16(22)7-9-17)21(27)23-19-5-3-2-4-18(19)20(26)25-11-13-28-14-12-25/h2-9H,10-15H2,1H3,(H,23,27). The molecule has 0 atom stereocenters. The van der Waals surface area contributed by atoms with Crippen molar-refractivity contribution >= 4 is 17.6 Å². The van der Waals surface area contributed by atoms with Crippen LogP contribution in [0.5, 0.6) is 5.75 Å². The second-order valence-corrected chi connectivity index (χ2v) is 6.60. The van der Waals surface area contributed by atoms with Crippen molar-refractivity contribution in [2.75, 3.05) is 51.8 Å². The molecule has 2 aromatic rings. The number of nitrogens with zero attached hydrogens (tertiary/aromatic N) is 2. The van der Waals surface area contributed by atoms with Crippen molar-refractivity contribution < 1.29 is 23.5 Å². The number of anilines is 1. The number of hydrogen-bond acceptors (Lipinski definition) is 4. The number of morpholine rings is 1. The van der Waals surface area contributed by atoms with Crippen LogP contribution in [0.4, 0.5) is 14.9 Å². The average molecular weight is 401 g/mol. The number of hydrogen-bond donors (Lipinski definition) is 1. The molecule has 0 spiro atoms.